The van der Waals surface area contributed by atoms with Crippen molar-refractivity contribution in [1.29, 1.82) is 0 Å². The van der Waals surface area contributed by atoms with E-state index >= 15 is 0 Å². The lowest BCUT2D eigenvalue weighted by atomic mass is 9.24. The molecule has 0 amide bonds. The first-order chi connectivity index (χ1) is 8.88. The summed E-state index contributed by atoms with van der Waals surface area (Å²) in [6.07, 6.45) is 8.36. The molecule has 0 unspecified atom stereocenters. The van der Waals surface area contributed by atoms with Crippen LogP contribution in [0.2, 0.25) is 11.6 Å². The minimum atomic E-state index is -0.418. The van der Waals surface area contributed by atoms with Crippen LogP contribution in [0.25, 0.3) is 0 Å². The molecular weight excluding hydrogens is 219 g/mol. The molecule has 0 aliphatic carbocycles. The number of benzene rings is 1. The molecule has 0 aromatic heterocycles. The summed E-state index contributed by atoms with van der Waals surface area (Å²) < 4.78 is 0. The molecule has 0 saturated carbocycles. The van der Waals surface area contributed by atoms with E-state index in [4.69, 9.17) is 0 Å². The van der Waals surface area contributed by atoms with E-state index in [1.54, 1.807) is 0 Å². The molecule has 18 heavy (non-hydrogen) atoms. The van der Waals surface area contributed by atoms with E-state index in [-0.39, 0.29) is 0 Å². The number of nitrogens with one attached hydrogen (secondary N) is 1. The molecular formula is C15H23BN2. The summed E-state index contributed by atoms with van der Waals surface area (Å²) in [5, 5.41) is 6.71. The van der Waals surface area contributed by atoms with Gasteiger partial charge in [-0.05, 0) is 6.07 Å². The van der Waals surface area contributed by atoms with Crippen molar-refractivity contribution in [3.05, 3.63) is 29.8 Å². The van der Waals surface area contributed by atoms with Gasteiger partial charge in [-0.3, -0.25) is 0 Å². The maximum absolute atomic E-state index is 4.02. The Bertz CT molecular complexity index is 438. The minimum absolute atomic E-state index is 0.418. The zero-order chi connectivity index (χ0) is 12.0. The Kier molecular flexibility index (Phi) is 2.44. The van der Waals surface area contributed by atoms with E-state index in [1.807, 2.05) is 0 Å². The van der Waals surface area contributed by atoms with Gasteiger partial charge >= 0.3 is 6.42 Å². The highest BCUT2D eigenvalue weighted by Crippen LogP contribution is 2.50. The van der Waals surface area contributed by atoms with Crippen LogP contribution < -0.4 is 10.5 Å². The van der Waals surface area contributed by atoms with Crippen LogP contribution in [-0.4, -0.2) is 6.42 Å². The van der Waals surface area contributed by atoms with Crippen LogP contribution in [0, 0.1) is 0 Å². The van der Waals surface area contributed by atoms with Gasteiger partial charge in [0.15, 0.2) is 0 Å². The number of fused-ring (bicyclic) bond motifs is 1. The van der Waals surface area contributed by atoms with Crippen molar-refractivity contribution in [2.45, 2.75) is 56.7 Å². The fourth-order valence-electron chi connectivity index (χ4n) is 5.17. The molecule has 1 aromatic carbocycles. The van der Waals surface area contributed by atoms with Crippen LogP contribution in [0.5, 0.6) is 0 Å². The largest absolute Gasteiger partial charge is 0.514 e. The highest BCUT2D eigenvalue weighted by Gasteiger charge is 2.51. The summed E-state index contributed by atoms with van der Waals surface area (Å²) in [6, 6.07) is 8.91. The van der Waals surface area contributed by atoms with E-state index in [0.29, 0.717) is 0 Å². The maximum Gasteiger partial charge on any atom is 0.304 e. The third-order valence-corrected chi connectivity index (χ3v) is 6.01. The van der Waals surface area contributed by atoms with Crippen molar-refractivity contribution in [2.75, 3.05) is 5.23 Å². The fraction of sp³-hybridized carbons (Fsp3) is 0.600. The number of anilines is 1. The van der Waals surface area contributed by atoms with Crippen molar-refractivity contribution in [3.63, 3.8) is 0 Å². The molecule has 3 heteroatoms. The predicted octanol–water partition coefficient (Wildman–Crippen LogP) is 2.73. The van der Waals surface area contributed by atoms with E-state index < -0.39 is 6.42 Å². The highest BCUT2D eigenvalue weighted by atomic mass is 15.0. The van der Waals surface area contributed by atoms with Crippen LogP contribution in [-0.2, 0) is 6.54 Å². The third kappa shape index (κ3) is 1.46. The van der Waals surface area contributed by atoms with E-state index in [9.17, 15) is 0 Å². The fourth-order valence-corrected chi connectivity index (χ4v) is 5.17. The summed E-state index contributed by atoms with van der Waals surface area (Å²) in [5.41, 5.74) is 2.92. The van der Waals surface area contributed by atoms with Crippen LogP contribution in [0.4, 0.5) is 5.69 Å². The molecule has 1 spiro atoms. The summed E-state index contributed by atoms with van der Waals surface area (Å²) in [4.78, 5) is 0. The SMILES string of the molecule is c1ccc2c(c1)C[NH2+][B-]1(N2)C2CCCC1CCC2. The van der Waals surface area contributed by atoms with Crippen LogP contribution >= 0.6 is 0 Å². The van der Waals surface area contributed by atoms with Crippen molar-refractivity contribution in [2.24, 2.45) is 0 Å². The Morgan fingerprint density at radius 1 is 1.00 bits per heavy atom. The summed E-state index contributed by atoms with van der Waals surface area (Å²) in [6.45, 7) is 1.19. The van der Waals surface area contributed by atoms with E-state index in [0.717, 1.165) is 11.6 Å². The lowest BCUT2D eigenvalue weighted by Crippen LogP contribution is -3.05. The molecule has 96 valence electrons. The molecule has 2 bridgehead atoms. The van der Waals surface area contributed by atoms with Crippen LogP contribution in [0.15, 0.2) is 24.3 Å². The van der Waals surface area contributed by atoms with Gasteiger partial charge in [0.2, 0.25) is 0 Å². The second kappa shape index (κ2) is 4.02. The molecule has 0 atom stereocenters. The number of hydrogen-bond acceptors (Lipinski definition) is 1. The maximum atomic E-state index is 4.02. The molecule has 3 N–H and O–H groups in total. The van der Waals surface area contributed by atoms with Gasteiger partial charge in [-0.1, -0.05) is 68.4 Å². The molecule has 0 radical (unpaired) electrons. The number of hydrogen-bond donors (Lipinski definition) is 2. The topological polar surface area (TPSA) is 28.6 Å². The molecule has 2 nitrogen and oxygen atoms in total. The number of nitrogens with two attached hydrogens (primary N) is 1. The Morgan fingerprint density at radius 2 is 1.67 bits per heavy atom. The second-order valence-corrected chi connectivity index (χ2v) is 6.70. The Balaban J connectivity index is 1.72. The first-order valence-electron chi connectivity index (χ1n) is 7.76. The van der Waals surface area contributed by atoms with Gasteiger partial charge in [0.1, 0.15) is 0 Å². The van der Waals surface area contributed by atoms with E-state index in [1.165, 1.54) is 56.3 Å². The Morgan fingerprint density at radius 3 is 2.39 bits per heavy atom. The summed E-state index contributed by atoms with van der Waals surface area (Å²) in [5.74, 6) is 1.90. The van der Waals surface area contributed by atoms with Gasteiger partial charge in [-0.2, -0.15) is 0 Å². The third-order valence-electron chi connectivity index (χ3n) is 6.01. The molecule has 4 rings (SSSR count). The van der Waals surface area contributed by atoms with E-state index in [2.05, 4.69) is 34.7 Å². The summed E-state index contributed by atoms with van der Waals surface area (Å²) in [7, 11) is 0. The highest BCUT2D eigenvalue weighted by molar-refractivity contribution is 6.78. The Hall–Kier alpha value is -0.955. The lowest BCUT2D eigenvalue weighted by Gasteiger charge is -2.57. The average molecular weight is 242 g/mol. The molecule has 2 saturated heterocycles. The van der Waals surface area contributed by atoms with Crippen LogP contribution in [0.3, 0.4) is 0 Å². The monoisotopic (exact) mass is 242 g/mol. The lowest BCUT2D eigenvalue weighted by molar-refractivity contribution is -0.555. The smallest absolute Gasteiger partial charge is 0.304 e. The standard InChI is InChI=1S/C15H23BN2/c1-2-10-15-12(5-1)11-17-16(18-15)13-6-3-7-14(16)9-4-8-13/h1-2,5,10,13-14,18H,3-4,6-9,11,17H2. The second-order valence-electron chi connectivity index (χ2n) is 6.70. The normalized spacial score (nSPS) is 38.0. The Labute approximate surface area is 110 Å². The van der Waals surface area contributed by atoms with Gasteiger partial charge in [0.05, 0.1) is 6.54 Å². The zero-order valence-electron chi connectivity index (χ0n) is 11.1. The molecule has 3 aliphatic rings. The molecule has 3 aliphatic heterocycles. The number of rotatable bonds is 0. The van der Waals surface area contributed by atoms with Crippen molar-refractivity contribution in [1.82, 2.24) is 0 Å². The zero-order valence-corrected chi connectivity index (χ0v) is 11.1. The first kappa shape index (κ1) is 10.9. The van der Waals surface area contributed by atoms with Crippen molar-refractivity contribution >= 4 is 12.1 Å². The average Bonchev–Trinajstić information content (AvgIpc) is 2.38. The molecule has 1 aromatic rings. The quantitative estimate of drug-likeness (QED) is 0.673. The first-order valence-corrected chi connectivity index (χ1v) is 7.76. The number of quaternary nitrogens is 1. The van der Waals surface area contributed by atoms with Gasteiger partial charge in [-0.15, -0.1) is 0 Å². The van der Waals surface area contributed by atoms with Crippen LogP contribution in [0.1, 0.15) is 44.1 Å². The number of para-hydroxylation sites is 1. The van der Waals surface area contributed by atoms with Gasteiger partial charge < -0.3 is 10.5 Å². The summed E-state index contributed by atoms with van der Waals surface area (Å²) >= 11 is 0. The minimum Gasteiger partial charge on any atom is -0.514 e. The molecule has 2 fully saturated rings. The molecule has 3 heterocycles. The van der Waals surface area contributed by atoms with Gasteiger partial charge in [-0.25, -0.2) is 0 Å². The van der Waals surface area contributed by atoms with Crippen molar-refractivity contribution < 1.29 is 5.23 Å². The van der Waals surface area contributed by atoms with Crippen molar-refractivity contribution in [3.8, 4) is 0 Å². The van der Waals surface area contributed by atoms with Gasteiger partial charge in [0.25, 0.3) is 0 Å². The predicted molar refractivity (Wildman–Crippen MR) is 76.7 cm³/mol. The van der Waals surface area contributed by atoms with Gasteiger partial charge in [0, 0.05) is 11.3 Å².